The molecule has 0 aliphatic carbocycles. The second kappa shape index (κ2) is 8.76. The van der Waals surface area contributed by atoms with Gasteiger partial charge < -0.3 is 19.1 Å². The van der Waals surface area contributed by atoms with E-state index in [9.17, 15) is 4.79 Å². The van der Waals surface area contributed by atoms with E-state index in [4.69, 9.17) is 4.42 Å². The van der Waals surface area contributed by atoms with Crippen LogP contribution in [-0.2, 0) is 4.79 Å². The Labute approximate surface area is 175 Å². The Morgan fingerprint density at radius 3 is 2.52 bits per heavy atom. The number of hydrogen-bond donors (Lipinski definition) is 0. The van der Waals surface area contributed by atoms with Crippen molar-refractivity contribution < 1.29 is 9.21 Å². The highest BCUT2D eigenvalue weighted by molar-refractivity contribution is 5.73. The van der Waals surface area contributed by atoms with Gasteiger partial charge in [0.2, 0.25) is 5.91 Å². The Hall–Kier alpha value is -1.40. The lowest BCUT2D eigenvalue weighted by Crippen LogP contribution is -2.47. The summed E-state index contributed by atoms with van der Waals surface area (Å²) in [5, 5.41) is 0. The van der Waals surface area contributed by atoms with E-state index >= 15 is 0 Å². The first-order valence-corrected chi connectivity index (χ1v) is 11.5. The van der Waals surface area contributed by atoms with E-state index in [0.29, 0.717) is 17.3 Å². The van der Waals surface area contributed by atoms with E-state index in [1.807, 2.05) is 4.90 Å². The van der Waals surface area contributed by atoms with Crippen LogP contribution >= 0.6 is 0 Å². The number of likely N-dealkylation sites (tertiary alicyclic amines) is 3. The minimum absolute atomic E-state index is 0.230. The minimum atomic E-state index is 0.230. The fourth-order valence-electron chi connectivity index (χ4n) is 5.96. The highest BCUT2D eigenvalue weighted by Gasteiger charge is 2.50. The van der Waals surface area contributed by atoms with Crippen LogP contribution in [0.15, 0.2) is 16.9 Å². The molecule has 6 heteroatoms. The Balaban J connectivity index is 1.34. The molecule has 3 aliphatic heterocycles. The zero-order chi connectivity index (χ0) is 20.4. The molecule has 4 heterocycles. The van der Waals surface area contributed by atoms with Crippen molar-refractivity contribution in [2.24, 2.45) is 17.3 Å². The molecule has 0 bridgehead atoms. The number of rotatable bonds is 5. The van der Waals surface area contributed by atoms with Gasteiger partial charge in [0.15, 0.2) is 5.89 Å². The summed E-state index contributed by atoms with van der Waals surface area (Å²) < 4.78 is 5.79. The summed E-state index contributed by atoms with van der Waals surface area (Å²) in [5.41, 5.74) is 0.314. The number of carbonyl (C=O) groups is 1. The number of nitrogens with zero attached hydrogens (tertiary/aromatic N) is 4. The maximum absolute atomic E-state index is 11.6. The Kier molecular flexibility index (Phi) is 6.30. The van der Waals surface area contributed by atoms with E-state index in [2.05, 4.69) is 28.6 Å². The quantitative estimate of drug-likeness (QED) is 0.758. The first-order chi connectivity index (χ1) is 13.9. The lowest BCUT2D eigenvalue weighted by atomic mass is 9.70. The summed E-state index contributed by atoms with van der Waals surface area (Å²) in [5.74, 6) is 3.03. The first-order valence-electron chi connectivity index (χ1n) is 11.5. The van der Waals surface area contributed by atoms with Crippen molar-refractivity contribution in [1.82, 2.24) is 19.7 Å². The summed E-state index contributed by atoms with van der Waals surface area (Å²) in [4.78, 5) is 23.4. The van der Waals surface area contributed by atoms with Gasteiger partial charge in [-0.1, -0.05) is 13.8 Å². The van der Waals surface area contributed by atoms with Gasteiger partial charge in [0.25, 0.3) is 0 Å². The van der Waals surface area contributed by atoms with Crippen molar-refractivity contribution in [2.75, 3.05) is 52.4 Å². The summed E-state index contributed by atoms with van der Waals surface area (Å²) in [6, 6.07) is 0. The Morgan fingerprint density at radius 2 is 1.93 bits per heavy atom. The molecule has 3 saturated heterocycles. The minimum Gasteiger partial charge on any atom is -0.449 e. The van der Waals surface area contributed by atoms with Gasteiger partial charge in [-0.25, -0.2) is 4.98 Å². The molecule has 29 heavy (non-hydrogen) atoms. The largest absolute Gasteiger partial charge is 0.449 e. The Bertz CT molecular complexity index is 658. The van der Waals surface area contributed by atoms with Crippen molar-refractivity contribution >= 4 is 5.91 Å². The van der Waals surface area contributed by atoms with E-state index in [1.165, 1.54) is 39.0 Å². The van der Waals surface area contributed by atoms with E-state index in [-0.39, 0.29) is 5.91 Å². The predicted octanol–water partition coefficient (Wildman–Crippen LogP) is 3.07. The second-order valence-corrected chi connectivity index (χ2v) is 10.1. The molecule has 4 rings (SSSR count). The Morgan fingerprint density at radius 1 is 1.21 bits per heavy atom. The summed E-state index contributed by atoms with van der Waals surface area (Å²) >= 11 is 0. The second-order valence-electron chi connectivity index (χ2n) is 10.1. The molecule has 1 aromatic rings. The van der Waals surface area contributed by atoms with E-state index < -0.39 is 0 Å². The molecule has 1 atom stereocenters. The van der Waals surface area contributed by atoms with Crippen LogP contribution in [0.25, 0.3) is 0 Å². The molecule has 3 aliphatic rings. The fraction of sp³-hybridized carbons (Fsp3) is 0.826. The van der Waals surface area contributed by atoms with Crippen LogP contribution in [0.1, 0.15) is 58.3 Å². The third-order valence-corrected chi connectivity index (χ3v) is 7.52. The summed E-state index contributed by atoms with van der Waals surface area (Å²) in [7, 11) is 0. The van der Waals surface area contributed by atoms with Gasteiger partial charge in [0, 0.05) is 46.2 Å². The van der Waals surface area contributed by atoms with Gasteiger partial charge >= 0.3 is 0 Å². The molecule has 1 spiro atoms. The van der Waals surface area contributed by atoms with Gasteiger partial charge in [0.05, 0.1) is 12.1 Å². The first kappa shape index (κ1) is 20.9. The maximum atomic E-state index is 11.6. The molecule has 0 N–H and O–H groups in total. The van der Waals surface area contributed by atoms with Crippen LogP contribution in [0.4, 0.5) is 0 Å². The van der Waals surface area contributed by atoms with Crippen LogP contribution in [0.5, 0.6) is 0 Å². The lowest BCUT2D eigenvalue weighted by Gasteiger charge is -2.43. The number of piperidine rings is 2. The molecule has 3 fully saturated rings. The predicted molar refractivity (Wildman–Crippen MR) is 114 cm³/mol. The molecule has 6 nitrogen and oxygen atoms in total. The molecule has 0 saturated carbocycles. The van der Waals surface area contributed by atoms with Crippen molar-refractivity contribution in [3.63, 3.8) is 0 Å². The number of aromatic nitrogens is 1. The van der Waals surface area contributed by atoms with Crippen molar-refractivity contribution in [3.8, 4) is 0 Å². The molecule has 1 aromatic heterocycles. The third-order valence-electron chi connectivity index (χ3n) is 7.52. The van der Waals surface area contributed by atoms with Crippen molar-refractivity contribution in [2.45, 2.75) is 52.4 Å². The van der Waals surface area contributed by atoms with Gasteiger partial charge in [-0.15, -0.1) is 0 Å². The molecule has 0 radical (unpaired) electrons. The molecule has 162 valence electrons. The third kappa shape index (κ3) is 4.69. The van der Waals surface area contributed by atoms with Crippen LogP contribution in [0, 0.1) is 17.3 Å². The summed E-state index contributed by atoms with van der Waals surface area (Å²) in [6.07, 6.45) is 8.32. The topological polar surface area (TPSA) is 52.8 Å². The molecule has 0 aromatic carbocycles. The zero-order valence-corrected chi connectivity index (χ0v) is 18.5. The standard InChI is InChI=1S/C23H38N4O2/c1-18(2)14-26-16-21(22-24-8-13-29-22)23(17-26)6-11-25(12-7-23)15-20-4-9-27(10-5-20)19(3)28/h8,13,18,20-21H,4-7,9-12,14-17H2,1-3H3. The van der Waals surface area contributed by atoms with Crippen molar-refractivity contribution in [1.29, 1.82) is 0 Å². The lowest BCUT2D eigenvalue weighted by molar-refractivity contribution is -0.130. The molecular weight excluding hydrogens is 364 g/mol. The average molecular weight is 403 g/mol. The van der Waals surface area contributed by atoms with Crippen LogP contribution in [0.3, 0.4) is 0 Å². The SMILES string of the molecule is CC(=O)N1CCC(CN2CCC3(CC2)CN(CC(C)C)CC3c2ncco2)CC1. The van der Waals surface area contributed by atoms with E-state index in [0.717, 1.165) is 50.8 Å². The van der Waals surface area contributed by atoms with Gasteiger partial charge in [-0.3, -0.25) is 4.79 Å². The maximum Gasteiger partial charge on any atom is 0.219 e. The molecule has 1 unspecified atom stereocenters. The molecular formula is C23H38N4O2. The number of carbonyl (C=O) groups excluding carboxylic acids is 1. The van der Waals surface area contributed by atoms with Gasteiger partial charge in [-0.2, -0.15) is 0 Å². The normalized spacial score (nSPS) is 26.6. The molecule has 1 amide bonds. The van der Waals surface area contributed by atoms with Crippen LogP contribution in [-0.4, -0.2) is 77.9 Å². The number of amides is 1. The van der Waals surface area contributed by atoms with E-state index in [1.54, 1.807) is 19.4 Å². The average Bonchev–Trinajstić information content (AvgIpc) is 3.32. The monoisotopic (exact) mass is 402 g/mol. The van der Waals surface area contributed by atoms with Gasteiger partial charge in [-0.05, 0) is 56.0 Å². The van der Waals surface area contributed by atoms with Crippen molar-refractivity contribution in [3.05, 3.63) is 18.4 Å². The van der Waals surface area contributed by atoms with Gasteiger partial charge in [0.1, 0.15) is 6.26 Å². The zero-order valence-electron chi connectivity index (χ0n) is 18.5. The summed E-state index contributed by atoms with van der Waals surface area (Å²) in [6.45, 7) is 15.2. The number of oxazole rings is 1. The number of hydrogen-bond acceptors (Lipinski definition) is 5. The van der Waals surface area contributed by atoms with Crippen LogP contribution in [0.2, 0.25) is 0 Å². The highest BCUT2D eigenvalue weighted by atomic mass is 16.3. The smallest absolute Gasteiger partial charge is 0.219 e. The van der Waals surface area contributed by atoms with Crippen LogP contribution < -0.4 is 0 Å². The fourth-order valence-corrected chi connectivity index (χ4v) is 5.96. The highest BCUT2D eigenvalue weighted by Crippen LogP contribution is 2.49.